The lowest BCUT2D eigenvalue weighted by Crippen LogP contribution is -2.14. The summed E-state index contributed by atoms with van der Waals surface area (Å²) in [5.74, 6) is 0.960. The Kier molecular flexibility index (Phi) is 2.62. The molecule has 1 aromatic heterocycles. The molecule has 62 valence electrons. The Morgan fingerprint density at radius 1 is 1.55 bits per heavy atom. The van der Waals surface area contributed by atoms with Crippen molar-refractivity contribution in [3.8, 4) is 0 Å². The molecule has 1 aromatic rings. The molecule has 0 fully saturated rings. The Morgan fingerprint density at radius 3 is 2.55 bits per heavy atom. The minimum Gasteiger partial charge on any atom is -0.302 e. The van der Waals surface area contributed by atoms with Crippen LogP contribution in [-0.4, -0.2) is 33.8 Å². The first-order valence-electron chi connectivity index (χ1n) is 3.29. The first-order valence-corrected chi connectivity index (χ1v) is 4.09. The summed E-state index contributed by atoms with van der Waals surface area (Å²) in [5, 5.41) is 4.06. The van der Waals surface area contributed by atoms with Crippen molar-refractivity contribution >= 4 is 15.9 Å². The monoisotopic (exact) mass is 218 g/mol. The molecule has 0 aliphatic carbocycles. The van der Waals surface area contributed by atoms with Crippen LogP contribution in [0.2, 0.25) is 0 Å². The normalized spacial score (nSPS) is 11.0. The van der Waals surface area contributed by atoms with E-state index in [0.29, 0.717) is 4.73 Å². The number of aromatic nitrogens is 3. The van der Waals surface area contributed by atoms with Crippen LogP contribution in [0.3, 0.4) is 0 Å². The Balaban J connectivity index is 2.77. The smallest absolute Gasteiger partial charge is 0.217 e. The van der Waals surface area contributed by atoms with Gasteiger partial charge in [-0.2, -0.15) is 0 Å². The van der Waals surface area contributed by atoms with Gasteiger partial charge in [-0.25, -0.2) is 4.98 Å². The molecule has 0 radical (unpaired) electrons. The molecule has 0 aromatic carbocycles. The van der Waals surface area contributed by atoms with Gasteiger partial charge in [-0.1, -0.05) is 0 Å². The van der Waals surface area contributed by atoms with Gasteiger partial charge in [0.05, 0.1) is 6.54 Å². The molecule has 0 saturated carbocycles. The van der Waals surface area contributed by atoms with Crippen LogP contribution in [0.15, 0.2) is 4.73 Å². The Bertz CT molecular complexity index is 243. The number of halogens is 1. The van der Waals surface area contributed by atoms with Gasteiger partial charge in [-0.3, -0.25) is 4.68 Å². The van der Waals surface area contributed by atoms with Crippen molar-refractivity contribution in [2.45, 2.75) is 6.54 Å². The lowest BCUT2D eigenvalue weighted by molar-refractivity contribution is 0.381. The summed E-state index contributed by atoms with van der Waals surface area (Å²) in [7, 11) is 5.89. The first kappa shape index (κ1) is 8.67. The highest BCUT2D eigenvalue weighted by Crippen LogP contribution is 2.04. The van der Waals surface area contributed by atoms with Gasteiger partial charge in [0.2, 0.25) is 4.73 Å². The highest BCUT2D eigenvalue weighted by atomic mass is 79.9. The van der Waals surface area contributed by atoms with E-state index in [9.17, 15) is 0 Å². The maximum atomic E-state index is 4.18. The fourth-order valence-corrected chi connectivity index (χ4v) is 1.25. The molecule has 0 bridgehead atoms. The molecule has 1 heterocycles. The third-order valence-electron chi connectivity index (χ3n) is 1.29. The van der Waals surface area contributed by atoms with E-state index in [0.717, 1.165) is 12.4 Å². The summed E-state index contributed by atoms with van der Waals surface area (Å²) in [6.45, 7) is 0.815. The van der Waals surface area contributed by atoms with Gasteiger partial charge >= 0.3 is 0 Å². The fraction of sp³-hybridized carbons (Fsp3) is 0.667. The second-order valence-electron chi connectivity index (χ2n) is 2.66. The van der Waals surface area contributed by atoms with E-state index >= 15 is 0 Å². The molecular formula is C6H11BrN4. The van der Waals surface area contributed by atoms with Gasteiger partial charge in [0, 0.05) is 7.05 Å². The molecule has 0 saturated heterocycles. The van der Waals surface area contributed by atoms with Crippen LogP contribution >= 0.6 is 15.9 Å². The highest BCUT2D eigenvalue weighted by Gasteiger charge is 2.04. The van der Waals surface area contributed by atoms with E-state index in [1.807, 2.05) is 21.1 Å². The molecule has 0 N–H and O–H groups in total. The van der Waals surface area contributed by atoms with E-state index in [-0.39, 0.29) is 0 Å². The van der Waals surface area contributed by atoms with Crippen molar-refractivity contribution in [1.29, 1.82) is 0 Å². The molecular weight excluding hydrogens is 208 g/mol. The number of aryl methyl sites for hydroxylation is 1. The van der Waals surface area contributed by atoms with E-state index in [1.54, 1.807) is 4.68 Å². The number of rotatable bonds is 2. The number of hydrogen-bond donors (Lipinski definition) is 0. The van der Waals surface area contributed by atoms with Crippen molar-refractivity contribution in [2.75, 3.05) is 14.1 Å². The third kappa shape index (κ3) is 2.27. The van der Waals surface area contributed by atoms with Crippen LogP contribution < -0.4 is 0 Å². The van der Waals surface area contributed by atoms with E-state index in [4.69, 9.17) is 0 Å². The molecule has 0 spiro atoms. The third-order valence-corrected chi connectivity index (χ3v) is 1.62. The maximum Gasteiger partial charge on any atom is 0.217 e. The van der Waals surface area contributed by atoms with Gasteiger partial charge < -0.3 is 4.90 Å². The molecule has 5 heteroatoms. The van der Waals surface area contributed by atoms with Crippen molar-refractivity contribution in [2.24, 2.45) is 7.05 Å². The lowest BCUT2D eigenvalue weighted by Gasteiger charge is -2.06. The standard InChI is InChI=1S/C6H11BrN4/c1-10(2)4-5-8-6(7)9-11(5)3/h4H2,1-3H3. The summed E-state index contributed by atoms with van der Waals surface area (Å²) >= 11 is 3.21. The Morgan fingerprint density at radius 2 is 2.18 bits per heavy atom. The molecule has 1 rings (SSSR count). The summed E-state index contributed by atoms with van der Waals surface area (Å²) in [5.41, 5.74) is 0. The zero-order chi connectivity index (χ0) is 8.43. The molecule has 0 amide bonds. The first-order chi connectivity index (χ1) is 5.09. The Labute approximate surface area is 74.3 Å². The summed E-state index contributed by atoms with van der Waals surface area (Å²) < 4.78 is 2.42. The van der Waals surface area contributed by atoms with Crippen molar-refractivity contribution in [3.63, 3.8) is 0 Å². The second kappa shape index (κ2) is 3.32. The molecule has 0 aliphatic rings. The maximum absolute atomic E-state index is 4.18. The van der Waals surface area contributed by atoms with Crippen LogP contribution in [0.4, 0.5) is 0 Å². The van der Waals surface area contributed by atoms with Gasteiger partial charge in [0.15, 0.2) is 0 Å². The quantitative estimate of drug-likeness (QED) is 0.731. The summed E-state index contributed by atoms with van der Waals surface area (Å²) in [4.78, 5) is 6.23. The van der Waals surface area contributed by atoms with Crippen LogP contribution in [0.5, 0.6) is 0 Å². The minimum absolute atomic E-state index is 0.650. The second-order valence-corrected chi connectivity index (χ2v) is 3.37. The summed E-state index contributed by atoms with van der Waals surface area (Å²) in [6, 6.07) is 0. The molecule has 0 atom stereocenters. The lowest BCUT2D eigenvalue weighted by atomic mass is 10.5. The van der Waals surface area contributed by atoms with Crippen molar-refractivity contribution in [3.05, 3.63) is 10.6 Å². The zero-order valence-electron chi connectivity index (χ0n) is 6.87. The number of nitrogens with zero attached hydrogens (tertiary/aromatic N) is 4. The zero-order valence-corrected chi connectivity index (χ0v) is 8.46. The van der Waals surface area contributed by atoms with Crippen LogP contribution in [0.25, 0.3) is 0 Å². The molecule has 11 heavy (non-hydrogen) atoms. The largest absolute Gasteiger partial charge is 0.302 e. The fourth-order valence-electron chi connectivity index (χ4n) is 0.803. The minimum atomic E-state index is 0.650. The van der Waals surface area contributed by atoms with Crippen LogP contribution in [0.1, 0.15) is 5.82 Å². The average Bonchev–Trinajstić information content (AvgIpc) is 2.09. The number of hydrogen-bond acceptors (Lipinski definition) is 3. The topological polar surface area (TPSA) is 34.0 Å². The van der Waals surface area contributed by atoms with E-state index < -0.39 is 0 Å². The van der Waals surface area contributed by atoms with Gasteiger partial charge in [0.25, 0.3) is 0 Å². The summed E-state index contributed by atoms with van der Waals surface area (Å²) in [6.07, 6.45) is 0. The van der Waals surface area contributed by atoms with Crippen molar-refractivity contribution < 1.29 is 0 Å². The van der Waals surface area contributed by atoms with Gasteiger partial charge in [-0.05, 0) is 30.0 Å². The van der Waals surface area contributed by atoms with Crippen molar-refractivity contribution in [1.82, 2.24) is 19.7 Å². The molecule has 0 aliphatic heterocycles. The Hall–Kier alpha value is -0.420. The van der Waals surface area contributed by atoms with E-state index in [1.165, 1.54) is 0 Å². The predicted molar refractivity (Wildman–Crippen MR) is 46.1 cm³/mol. The highest BCUT2D eigenvalue weighted by molar-refractivity contribution is 9.10. The molecule has 0 unspecified atom stereocenters. The predicted octanol–water partition coefficient (Wildman–Crippen LogP) is 0.639. The molecule has 4 nitrogen and oxygen atoms in total. The SMILES string of the molecule is CN(C)Cc1nc(Br)nn1C. The van der Waals surface area contributed by atoms with E-state index in [2.05, 4.69) is 30.9 Å². The van der Waals surface area contributed by atoms with Crippen LogP contribution in [-0.2, 0) is 13.6 Å². The average molecular weight is 219 g/mol. The van der Waals surface area contributed by atoms with Gasteiger partial charge in [0.1, 0.15) is 5.82 Å². The van der Waals surface area contributed by atoms with Gasteiger partial charge in [-0.15, -0.1) is 5.10 Å². The van der Waals surface area contributed by atoms with Crippen LogP contribution in [0, 0.1) is 0 Å².